The van der Waals surface area contributed by atoms with Gasteiger partial charge in [0.15, 0.2) is 0 Å². The van der Waals surface area contributed by atoms with Crippen molar-refractivity contribution in [1.82, 2.24) is 24.3 Å². The van der Waals surface area contributed by atoms with Crippen LogP contribution in [0.5, 0.6) is 5.88 Å². The number of fused-ring (bicyclic) bond motifs is 7. The number of pyridine rings is 1. The van der Waals surface area contributed by atoms with Crippen LogP contribution in [0.4, 0.5) is 5.95 Å². The summed E-state index contributed by atoms with van der Waals surface area (Å²) in [6, 6.07) is 9.69. The van der Waals surface area contributed by atoms with Crippen LogP contribution in [0.1, 0.15) is 61.5 Å². The highest BCUT2D eigenvalue weighted by Gasteiger charge is 2.51. The van der Waals surface area contributed by atoms with Crippen molar-refractivity contribution in [3.63, 3.8) is 0 Å². The summed E-state index contributed by atoms with van der Waals surface area (Å²) in [5, 5.41) is 8.46. The van der Waals surface area contributed by atoms with E-state index in [0.717, 1.165) is 66.1 Å². The lowest BCUT2D eigenvalue weighted by Gasteiger charge is -2.19. The Hall–Kier alpha value is -3.45. The summed E-state index contributed by atoms with van der Waals surface area (Å²) < 4.78 is 24.3. The first-order valence-corrected chi connectivity index (χ1v) is 16.2. The number of benzene rings is 1. The van der Waals surface area contributed by atoms with E-state index in [1.165, 1.54) is 0 Å². The van der Waals surface area contributed by atoms with E-state index >= 15 is 0 Å². The van der Waals surface area contributed by atoms with E-state index in [2.05, 4.69) is 33.0 Å². The molecule has 3 aliphatic rings. The van der Waals surface area contributed by atoms with Crippen molar-refractivity contribution in [2.75, 3.05) is 11.9 Å². The molecule has 1 aromatic carbocycles. The monoisotopic (exact) mass is 558 g/mol. The number of nitrogens with zero attached hydrogens (tertiary/aromatic N) is 5. The zero-order valence-corrected chi connectivity index (χ0v) is 24.2. The normalized spacial score (nSPS) is 20.2. The molecule has 208 valence electrons. The SMILES string of the molecule is Cc1cc2cc(n1)-c1cnn(C)c1OCCCC(C)Cn1c(nc3ccc(P(=O)(C4CC4)C4CC4)cc31)NC2=O. The van der Waals surface area contributed by atoms with Gasteiger partial charge in [-0.15, -0.1) is 0 Å². The number of ether oxygens (including phenoxy) is 1. The predicted molar refractivity (Wildman–Crippen MR) is 156 cm³/mol. The Morgan fingerprint density at radius 2 is 1.82 bits per heavy atom. The number of amides is 1. The Balaban J connectivity index is 1.32. The van der Waals surface area contributed by atoms with Crippen molar-refractivity contribution >= 4 is 35.3 Å². The number of hydrogen-bond donors (Lipinski definition) is 1. The highest BCUT2D eigenvalue weighted by molar-refractivity contribution is 7.73. The van der Waals surface area contributed by atoms with Gasteiger partial charge in [-0.3, -0.25) is 15.1 Å². The Kier molecular flexibility index (Phi) is 6.11. The lowest BCUT2D eigenvalue weighted by atomic mass is 10.1. The Morgan fingerprint density at radius 1 is 1.05 bits per heavy atom. The standard InChI is InChI=1S/C30H35N6O3P/c1-18-5-4-12-39-29-24(16-31-35(29)3)26-14-20(13-19(2)32-26)28(37)34-30-33-25-11-10-23(15-27(25)36(30)17-18)40(38,21-6-7-21)22-8-9-22/h10-11,13-16,18,21-22H,4-9,12,17H2,1-3H3,(H,33,34,37). The van der Waals surface area contributed by atoms with Crippen LogP contribution in [-0.4, -0.2) is 48.1 Å². The number of carbonyl (C=O) groups excluding carboxylic acids is 1. The van der Waals surface area contributed by atoms with Gasteiger partial charge in [-0.2, -0.15) is 5.10 Å². The summed E-state index contributed by atoms with van der Waals surface area (Å²) in [6.45, 7) is 5.33. The number of rotatable bonds is 3. The van der Waals surface area contributed by atoms with Crippen LogP contribution >= 0.6 is 7.14 Å². The fraction of sp³-hybridized carbons (Fsp3) is 0.467. The summed E-state index contributed by atoms with van der Waals surface area (Å²) in [4.78, 5) is 23.2. The van der Waals surface area contributed by atoms with E-state index in [1.54, 1.807) is 23.0 Å². The molecular formula is C30H35N6O3P. The van der Waals surface area contributed by atoms with Crippen LogP contribution in [-0.2, 0) is 18.2 Å². The second-order valence-electron chi connectivity index (χ2n) is 11.8. The van der Waals surface area contributed by atoms with Gasteiger partial charge in [0.25, 0.3) is 5.91 Å². The molecule has 1 atom stereocenters. The molecule has 2 aliphatic carbocycles. The molecule has 0 radical (unpaired) electrons. The fourth-order valence-corrected chi connectivity index (χ4v) is 10.0. The Bertz CT molecular complexity index is 1670. The third-order valence-electron chi connectivity index (χ3n) is 8.49. The van der Waals surface area contributed by atoms with Gasteiger partial charge in [0.1, 0.15) is 7.14 Å². The minimum Gasteiger partial charge on any atom is -0.477 e. The molecule has 2 bridgehead atoms. The first-order valence-electron chi connectivity index (χ1n) is 14.4. The lowest BCUT2D eigenvalue weighted by Crippen LogP contribution is -2.19. The molecule has 1 N–H and O–H groups in total. The minimum absolute atomic E-state index is 0.251. The zero-order valence-electron chi connectivity index (χ0n) is 23.3. The molecule has 4 heterocycles. The number of hydrogen-bond acceptors (Lipinski definition) is 6. The van der Waals surface area contributed by atoms with E-state index in [4.69, 9.17) is 9.72 Å². The largest absolute Gasteiger partial charge is 0.477 e. The molecule has 0 spiro atoms. The molecule has 4 aromatic rings. The third kappa shape index (κ3) is 4.44. The Morgan fingerprint density at radius 3 is 2.58 bits per heavy atom. The molecule has 3 aromatic heterocycles. The van der Waals surface area contributed by atoms with Crippen LogP contribution in [0.15, 0.2) is 36.5 Å². The first kappa shape index (κ1) is 25.5. The number of imidazole rings is 1. The van der Waals surface area contributed by atoms with Gasteiger partial charge >= 0.3 is 0 Å². The van der Waals surface area contributed by atoms with Crippen molar-refractivity contribution in [2.45, 2.75) is 70.2 Å². The highest BCUT2D eigenvalue weighted by atomic mass is 31.2. The number of aryl methyl sites for hydroxylation is 2. The molecule has 0 saturated heterocycles. The van der Waals surface area contributed by atoms with E-state index in [-0.39, 0.29) is 5.91 Å². The van der Waals surface area contributed by atoms with Gasteiger partial charge in [-0.25, -0.2) is 9.67 Å². The second-order valence-corrected chi connectivity index (χ2v) is 15.2. The van der Waals surface area contributed by atoms with Crippen molar-refractivity contribution in [2.24, 2.45) is 13.0 Å². The number of anilines is 1. The molecule has 2 fully saturated rings. The van der Waals surface area contributed by atoms with Crippen molar-refractivity contribution in [3.8, 4) is 17.1 Å². The highest BCUT2D eigenvalue weighted by Crippen LogP contribution is 2.69. The quantitative estimate of drug-likeness (QED) is 0.333. The molecule has 2 saturated carbocycles. The van der Waals surface area contributed by atoms with E-state index in [9.17, 15) is 9.36 Å². The average molecular weight is 559 g/mol. The van der Waals surface area contributed by atoms with Crippen LogP contribution in [0.3, 0.4) is 0 Å². The van der Waals surface area contributed by atoms with Gasteiger partial charge in [0.2, 0.25) is 11.8 Å². The molecule has 1 amide bonds. The fourth-order valence-electron chi connectivity index (χ4n) is 6.13. The smallest absolute Gasteiger partial charge is 0.258 e. The van der Waals surface area contributed by atoms with Crippen LogP contribution in [0.25, 0.3) is 22.3 Å². The van der Waals surface area contributed by atoms with Crippen molar-refractivity contribution in [3.05, 3.63) is 47.8 Å². The van der Waals surface area contributed by atoms with Crippen LogP contribution < -0.4 is 15.4 Å². The molecular weight excluding hydrogens is 523 g/mol. The van der Waals surface area contributed by atoms with E-state index in [0.29, 0.717) is 53.5 Å². The second kappa shape index (κ2) is 9.58. The molecule has 1 unspecified atom stereocenters. The molecule has 1 aliphatic heterocycles. The summed E-state index contributed by atoms with van der Waals surface area (Å²) in [5.41, 5.74) is 5.04. The first-order chi connectivity index (χ1) is 19.3. The third-order valence-corrected chi connectivity index (χ3v) is 12.8. The maximum atomic E-state index is 14.3. The van der Waals surface area contributed by atoms with Crippen molar-refractivity contribution < 1.29 is 14.1 Å². The molecule has 9 nitrogen and oxygen atoms in total. The summed E-state index contributed by atoms with van der Waals surface area (Å²) >= 11 is 0. The summed E-state index contributed by atoms with van der Waals surface area (Å²) in [7, 11) is -0.580. The number of aromatic nitrogens is 5. The molecule has 40 heavy (non-hydrogen) atoms. The zero-order chi connectivity index (χ0) is 27.6. The predicted octanol–water partition coefficient (Wildman–Crippen LogP) is 5.51. The number of carbonyl (C=O) groups is 1. The maximum absolute atomic E-state index is 14.3. The average Bonchev–Trinajstić information content (AvgIpc) is 3.86. The topological polar surface area (TPSA) is 104 Å². The van der Waals surface area contributed by atoms with Gasteiger partial charge in [0, 0.05) is 41.5 Å². The van der Waals surface area contributed by atoms with Gasteiger partial charge in [-0.1, -0.05) is 6.92 Å². The van der Waals surface area contributed by atoms with Crippen LogP contribution in [0.2, 0.25) is 0 Å². The van der Waals surface area contributed by atoms with Gasteiger partial charge in [0.05, 0.1) is 35.1 Å². The van der Waals surface area contributed by atoms with Crippen molar-refractivity contribution in [1.29, 1.82) is 0 Å². The summed E-state index contributed by atoms with van der Waals surface area (Å²) in [5.74, 6) is 1.22. The Labute approximate surface area is 233 Å². The minimum atomic E-state index is -2.43. The summed E-state index contributed by atoms with van der Waals surface area (Å²) in [6.07, 6.45) is 7.82. The maximum Gasteiger partial charge on any atom is 0.258 e. The lowest BCUT2D eigenvalue weighted by molar-refractivity contribution is 0.102. The number of nitrogens with one attached hydrogen (secondary N) is 1. The van der Waals surface area contributed by atoms with E-state index in [1.807, 2.05) is 26.1 Å². The van der Waals surface area contributed by atoms with Gasteiger partial charge in [-0.05, 0) is 81.7 Å². The van der Waals surface area contributed by atoms with Crippen LogP contribution in [0, 0.1) is 12.8 Å². The van der Waals surface area contributed by atoms with Gasteiger partial charge < -0.3 is 13.9 Å². The molecule has 7 rings (SSSR count). The molecule has 10 heteroatoms. The van der Waals surface area contributed by atoms with E-state index < -0.39 is 7.14 Å².